The number of nitrogens with zero attached hydrogens (tertiary/aromatic N) is 1. The molecule has 1 aromatic rings. The van der Waals surface area contributed by atoms with Crippen molar-refractivity contribution >= 4 is 11.4 Å². The Kier molecular flexibility index (Phi) is 3.07. The molecule has 118 valence electrons. The molecule has 22 heavy (non-hydrogen) atoms. The van der Waals surface area contributed by atoms with E-state index in [4.69, 9.17) is 10.7 Å². The summed E-state index contributed by atoms with van der Waals surface area (Å²) in [6.07, 6.45) is 6.24. The van der Waals surface area contributed by atoms with Crippen LogP contribution in [0.3, 0.4) is 0 Å². The summed E-state index contributed by atoms with van der Waals surface area (Å²) in [5, 5.41) is 0. The maximum atomic E-state index is 6.59. The SMILES string of the molecule is CC(C)(C)c1ccc(N=C2C3CC4CC2CC(N)(C4)C3)cc1. The molecular formula is C20H28N2. The predicted molar refractivity (Wildman–Crippen MR) is 92.7 cm³/mol. The van der Waals surface area contributed by atoms with E-state index in [-0.39, 0.29) is 11.0 Å². The van der Waals surface area contributed by atoms with Crippen molar-refractivity contribution in [3.8, 4) is 0 Å². The van der Waals surface area contributed by atoms with E-state index in [9.17, 15) is 0 Å². The Hall–Kier alpha value is -1.15. The molecule has 4 aliphatic carbocycles. The van der Waals surface area contributed by atoms with Crippen LogP contribution in [0.25, 0.3) is 0 Å². The minimum atomic E-state index is 0.131. The molecule has 0 heterocycles. The van der Waals surface area contributed by atoms with Gasteiger partial charge in [-0.15, -0.1) is 0 Å². The minimum Gasteiger partial charge on any atom is -0.325 e. The molecule has 4 aliphatic rings. The highest BCUT2D eigenvalue weighted by molar-refractivity contribution is 5.93. The molecule has 4 saturated carbocycles. The molecule has 0 radical (unpaired) electrons. The zero-order valence-corrected chi connectivity index (χ0v) is 14.1. The fraction of sp³-hybridized carbons (Fsp3) is 0.650. The lowest BCUT2D eigenvalue weighted by Gasteiger charge is -2.55. The Bertz CT molecular complexity index is 588. The third-order valence-electron chi connectivity index (χ3n) is 6.06. The molecule has 4 fully saturated rings. The van der Waals surface area contributed by atoms with Gasteiger partial charge < -0.3 is 5.73 Å². The number of benzene rings is 1. The zero-order chi connectivity index (χ0) is 15.5. The normalized spacial score (nSPS) is 36.7. The Morgan fingerprint density at radius 1 is 1.00 bits per heavy atom. The van der Waals surface area contributed by atoms with Crippen LogP contribution in [0, 0.1) is 17.8 Å². The highest BCUT2D eigenvalue weighted by Crippen LogP contribution is 2.53. The van der Waals surface area contributed by atoms with Crippen LogP contribution in [0.2, 0.25) is 0 Å². The van der Waals surface area contributed by atoms with Crippen molar-refractivity contribution in [2.45, 2.75) is 63.8 Å². The van der Waals surface area contributed by atoms with Gasteiger partial charge in [0.1, 0.15) is 0 Å². The van der Waals surface area contributed by atoms with Crippen molar-refractivity contribution in [2.75, 3.05) is 0 Å². The maximum Gasteiger partial charge on any atom is 0.0629 e. The van der Waals surface area contributed by atoms with E-state index in [0.717, 1.165) is 11.6 Å². The first-order valence-electron chi connectivity index (χ1n) is 8.80. The first-order valence-corrected chi connectivity index (χ1v) is 8.80. The average molecular weight is 296 g/mol. The van der Waals surface area contributed by atoms with Gasteiger partial charge in [-0.05, 0) is 73.0 Å². The van der Waals surface area contributed by atoms with Crippen LogP contribution in [0.4, 0.5) is 5.69 Å². The largest absolute Gasteiger partial charge is 0.325 e. The smallest absolute Gasteiger partial charge is 0.0629 e. The van der Waals surface area contributed by atoms with Gasteiger partial charge in [0.05, 0.1) is 5.69 Å². The van der Waals surface area contributed by atoms with Crippen molar-refractivity contribution in [3.63, 3.8) is 0 Å². The Morgan fingerprint density at radius 2 is 1.59 bits per heavy atom. The maximum absolute atomic E-state index is 6.59. The molecule has 4 bridgehead atoms. The monoisotopic (exact) mass is 296 g/mol. The van der Waals surface area contributed by atoms with Gasteiger partial charge >= 0.3 is 0 Å². The van der Waals surface area contributed by atoms with Crippen LogP contribution in [0.15, 0.2) is 29.3 Å². The average Bonchev–Trinajstić information content (AvgIpc) is 2.40. The minimum absolute atomic E-state index is 0.131. The molecule has 5 rings (SSSR count). The summed E-state index contributed by atoms with van der Waals surface area (Å²) in [7, 11) is 0. The van der Waals surface area contributed by atoms with E-state index in [2.05, 4.69) is 45.0 Å². The van der Waals surface area contributed by atoms with Gasteiger partial charge in [0.15, 0.2) is 0 Å². The van der Waals surface area contributed by atoms with Crippen LogP contribution < -0.4 is 5.73 Å². The van der Waals surface area contributed by atoms with E-state index in [1.165, 1.54) is 43.4 Å². The standard InChI is InChI=1S/C20H28N2/c1-19(2,3)16-4-6-17(7-5-16)22-18-14-8-13-9-15(18)12-20(21,10-13)11-14/h4-7,13-15H,8-12,21H2,1-3H3. The third-order valence-corrected chi connectivity index (χ3v) is 6.06. The zero-order valence-electron chi connectivity index (χ0n) is 14.1. The summed E-state index contributed by atoms with van der Waals surface area (Å²) in [6.45, 7) is 6.77. The second-order valence-electron chi connectivity index (χ2n) is 9.04. The summed E-state index contributed by atoms with van der Waals surface area (Å²) in [5.41, 5.74) is 10.9. The predicted octanol–water partition coefficient (Wildman–Crippen LogP) is 4.59. The number of rotatable bonds is 1. The van der Waals surface area contributed by atoms with Gasteiger partial charge in [0.25, 0.3) is 0 Å². The van der Waals surface area contributed by atoms with Crippen LogP contribution in [-0.2, 0) is 5.41 Å². The first kappa shape index (κ1) is 14.4. The van der Waals surface area contributed by atoms with Crippen LogP contribution >= 0.6 is 0 Å². The van der Waals surface area contributed by atoms with Gasteiger partial charge in [0, 0.05) is 11.3 Å². The topological polar surface area (TPSA) is 38.4 Å². The number of nitrogens with two attached hydrogens (primary N) is 1. The van der Waals surface area contributed by atoms with Crippen molar-refractivity contribution in [2.24, 2.45) is 28.5 Å². The van der Waals surface area contributed by atoms with Crippen LogP contribution in [0.5, 0.6) is 0 Å². The molecular weight excluding hydrogens is 268 g/mol. The third kappa shape index (κ3) is 2.42. The van der Waals surface area contributed by atoms with Crippen molar-refractivity contribution in [1.29, 1.82) is 0 Å². The molecule has 0 spiro atoms. The van der Waals surface area contributed by atoms with Crippen LogP contribution in [-0.4, -0.2) is 11.3 Å². The molecule has 1 aromatic carbocycles. The molecule has 2 atom stereocenters. The second kappa shape index (κ2) is 4.67. The highest BCUT2D eigenvalue weighted by atomic mass is 14.9. The van der Waals surface area contributed by atoms with E-state index < -0.39 is 0 Å². The summed E-state index contributed by atoms with van der Waals surface area (Å²) in [6, 6.07) is 8.85. The Balaban J connectivity index is 1.61. The van der Waals surface area contributed by atoms with Crippen molar-refractivity contribution < 1.29 is 0 Å². The lowest BCUT2D eigenvalue weighted by molar-refractivity contribution is 0.0812. The molecule has 2 unspecified atom stereocenters. The number of hydrogen-bond acceptors (Lipinski definition) is 2. The summed E-state index contributed by atoms with van der Waals surface area (Å²) in [4.78, 5) is 5.07. The van der Waals surface area contributed by atoms with Gasteiger partial charge in [-0.2, -0.15) is 0 Å². The lowest BCUT2D eigenvalue weighted by atomic mass is 9.52. The molecule has 2 heteroatoms. The summed E-state index contributed by atoms with van der Waals surface area (Å²) in [5.74, 6) is 2.17. The van der Waals surface area contributed by atoms with Gasteiger partial charge in [-0.25, -0.2) is 0 Å². The molecule has 0 amide bonds. The number of aliphatic imine (C=N–C) groups is 1. The Labute approximate surface area is 134 Å². The quantitative estimate of drug-likeness (QED) is 0.808. The van der Waals surface area contributed by atoms with Gasteiger partial charge in [-0.1, -0.05) is 32.9 Å². The van der Waals surface area contributed by atoms with E-state index in [0.29, 0.717) is 11.8 Å². The van der Waals surface area contributed by atoms with E-state index >= 15 is 0 Å². The molecule has 0 aromatic heterocycles. The second-order valence-corrected chi connectivity index (χ2v) is 9.04. The van der Waals surface area contributed by atoms with Crippen molar-refractivity contribution in [3.05, 3.63) is 29.8 Å². The van der Waals surface area contributed by atoms with Crippen LogP contribution in [0.1, 0.15) is 58.4 Å². The van der Waals surface area contributed by atoms with E-state index in [1.807, 2.05) is 0 Å². The molecule has 2 N–H and O–H groups in total. The van der Waals surface area contributed by atoms with E-state index in [1.54, 1.807) is 0 Å². The molecule has 2 nitrogen and oxygen atoms in total. The fourth-order valence-electron chi connectivity index (χ4n) is 5.19. The summed E-state index contributed by atoms with van der Waals surface area (Å²) >= 11 is 0. The Morgan fingerprint density at radius 3 is 2.09 bits per heavy atom. The molecule has 0 aliphatic heterocycles. The summed E-state index contributed by atoms with van der Waals surface area (Å²) < 4.78 is 0. The molecule has 0 saturated heterocycles. The number of hydrogen-bond donors (Lipinski definition) is 1. The fourth-order valence-corrected chi connectivity index (χ4v) is 5.19. The van der Waals surface area contributed by atoms with Gasteiger partial charge in [0.2, 0.25) is 0 Å². The van der Waals surface area contributed by atoms with Gasteiger partial charge in [-0.3, -0.25) is 4.99 Å². The highest BCUT2D eigenvalue weighted by Gasteiger charge is 2.52. The first-order chi connectivity index (χ1) is 10.3. The van der Waals surface area contributed by atoms with Crippen molar-refractivity contribution in [1.82, 2.24) is 0 Å². The lowest BCUT2D eigenvalue weighted by Crippen LogP contribution is -2.59.